The molecule has 0 radical (unpaired) electrons. The largest absolute Gasteiger partial charge is 0.466 e. The molecule has 0 amide bonds. The molecule has 0 atom stereocenters. The Morgan fingerprint density at radius 1 is 1.14 bits per heavy atom. The molecule has 1 saturated carbocycles. The highest BCUT2D eigenvalue weighted by Crippen LogP contribution is 2.40. The Kier molecular flexibility index (Phi) is 7.28. The molecular formula is C27H29F3N2O3. The van der Waals surface area contributed by atoms with E-state index in [1.807, 2.05) is 31.2 Å². The third kappa shape index (κ3) is 5.92. The molecule has 1 aromatic heterocycles. The maximum Gasteiger partial charge on any atom is 0.391 e. The number of aromatic nitrogens is 1. The second-order valence-electron chi connectivity index (χ2n) is 9.45. The molecule has 0 saturated heterocycles. The van der Waals surface area contributed by atoms with Crippen molar-refractivity contribution >= 4 is 23.5 Å². The van der Waals surface area contributed by atoms with Crippen LogP contribution in [0.4, 0.5) is 18.9 Å². The number of alkyl halides is 3. The predicted molar refractivity (Wildman–Crippen MR) is 127 cm³/mol. The first kappa shape index (κ1) is 24.9. The molecule has 1 aromatic carbocycles. The fourth-order valence-corrected chi connectivity index (χ4v) is 4.87. The minimum absolute atomic E-state index is 0.0180. The molecule has 2 aliphatic rings. The number of hydrogen-bond donors (Lipinski definition) is 1. The van der Waals surface area contributed by atoms with Crippen molar-refractivity contribution in [1.82, 2.24) is 4.98 Å². The minimum atomic E-state index is -4.17. The number of ether oxygens (including phenoxy) is 1. The van der Waals surface area contributed by atoms with Crippen molar-refractivity contribution in [3.8, 4) is 0 Å². The number of fused-ring (bicyclic) bond motifs is 1. The number of carbonyl (C=O) groups excluding carboxylic acids is 2. The van der Waals surface area contributed by atoms with E-state index in [1.165, 1.54) is 7.11 Å². The van der Waals surface area contributed by atoms with Crippen molar-refractivity contribution in [3.63, 3.8) is 0 Å². The van der Waals surface area contributed by atoms with E-state index in [0.29, 0.717) is 31.4 Å². The summed E-state index contributed by atoms with van der Waals surface area (Å²) in [5.41, 5.74) is 6.07. The van der Waals surface area contributed by atoms with Gasteiger partial charge in [-0.2, -0.15) is 13.2 Å². The summed E-state index contributed by atoms with van der Waals surface area (Å²) in [6.45, 7) is 2.52. The quantitative estimate of drug-likeness (QED) is 0.517. The van der Waals surface area contributed by atoms with E-state index in [2.05, 4.69) is 10.3 Å². The van der Waals surface area contributed by atoms with E-state index in [-0.39, 0.29) is 36.9 Å². The maximum atomic E-state index is 12.9. The standard InChI is InChI=1S/C27H29F3N2O3/c1-16-3-4-17(10-25(33)18-5-7-22(8-6-18)27(28,29)30)9-21(16)14-31-23-12-19-11-20(26(34)35-2)13-24(19)32-15-23/h3-4,9,11-12,15,18,22,31H,5-8,10,13-14H2,1-2H3. The number of rotatable bonds is 7. The predicted octanol–water partition coefficient (Wildman–Crippen LogP) is 5.59. The molecule has 1 N–H and O–H groups in total. The highest BCUT2D eigenvalue weighted by atomic mass is 19.4. The van der Waals surface area contributed by atoms with Crippen molar-refractivity contribution in [3.05, 3.63) is 64.0 Å². The molecule has 2 aliphatic carbocycles. The molecule has 8 heteroatoms. The van der Waals surface area contributed by atoms with Crippen LogP contribution in [0.5, 0.6) is 0 Å². The summed E-state index contributed by atoms with van der Waals surface area (Å²) in [5, 5.41) is 3.35. The number of ketones is 1. The van der Waals surface area contributed by atoms with Gasteiger partial charge in [0.1, 0.15) is 5.78 Å². The summed E-state index contributed by atoms with van der Waals surface area (Å²) in [5.74, 6) is -1.91. The Balaban J connectivity index is 1.36. The molecule has 0 bridgehead atoms. The van der Waals surface area contributed by atoms with Crippen LogP contribution >= 0.6 is 0 Å². The zero-order valence-electron chi connectivity index (χ0n) is 19.9. The first-order valence-electron chi connectivity index (χ1n) is 11.8. The Labute approximate surface area is 202 Å². The Hall–Kier alpha value is -3.16. The van der Waals surface area contributed by atoms with Gasteiger partial charge in [-0.3, -0.25) is 9.78 Å². The number of nitrogens with zero attached hydrogens (tertiary/aromatic N) is 1. The van der Waals surface area contributed by atoms with Gasteiger partial charge in [-0.1, -0.05) is 18.2 Å². The lowest BCUT2D eigenvalue weighted by molar-refractivity contribution is -0.184. The second kappa shape index (κ2) is 10.2. The molecule has 186 valence electrons. The topological polar surface area (TPSA) is 68.3 Å². The van der Waals surface area contributed by atoms with Crippen molar-refractivity contribution in [1.29, 1.82) is 0 Å². The van der Waals surface area contributed by atoms with E-state index in [1.54, 1.807) is 12.3 Å². The monoisotopic (exact) mass is 486 g/mol. The van der Waals surface area contributed by atoms with Gasteiger partial charge in [0.15, 0.2) is 0 Å². The van der Waals surface area contributed by atoms with Gasteiger partial charge in [-0.25, -0.2) is 4.79 Å². The third-order valence-electron chi connectivity index (χ3n) is 7.06. The number of aryl methyl sites for hydroxylation is 1. The van der Waals surface area contributed by atoms with Crippen LogP contribution in [-0.2, 0) is 33.7 Å². The number of hydrogen-bond acceptors (Lipinski definition) is 5. The lowest BCUT2D eigenvalue weighted by Crippen LogP contribution is -2.30. The van der Waals surface area contributed by atoms with Crippen molar-refractivity contribution in [2.45, 2.75) is 58.2 Å². The summed E-state index contributed by atoms with van der Waals surface area (Å²) in [6.07, 6.45) is 0.724. The van der Waals surface area contributed by atoms with Crippen LogP contribution < -0.4 is 5.32 Å². The van der Waals surface area contributed by atoms with E-state index >= 15 is 0 Å². The fourth-order valence-electron chi connectivity index (χ4n) is 4.87. The zero-order valence-corrected chi connectivity index (χ0v) is 19.9. The first-order chi connectivity index (χ1) is 16.6. The molecule has 1 heterocycles. The summed E-state index contributed by atoms with van der Waals surface area (Å²) in [4.78, 5) is 29.0. The lowest BCUT2D eigenvalue weighted by atomic mass is 9.78. The number of Topliss-reactive ketones (excluding diaryl/α,β-unsaturated/α-hetero) is 1. The van der Waals surface area contributed by atoms with Crippen LogP contribution in [0.3, 0.4) is 0 Å². The summed E-state index contributed by atoms with van der Waals surface area (Å²) < 4.78 is 43.5. The van der Waals surface area contributed by atoms with Gasteiger partial charge in [-0.05, 0) is 67.0 Å². The average Bonchev–Trinajstić information content (AvgIpc) is 3.27. The van der Waals surface area contributed by atoms with Crippen molar-refractivity contribution in [2.24, 2.45) is 11.8 Å². The SMILES string of the molecule is COC(=O)C1=Cc2cc(NCc3cc(CC(=O)C4CCC(C(F)(F)F)CC4)ccc3C)cnc2C1. The summed E-state index contributed by atoms with van der Waals surface area (Å²) >= 11 is 0. The zero-order chi connectivity index (χ0) is 25.2. The van der Waals surface area contributed by atoms with Crippen LogP contribution in [0.2, 0.25) is 0 Å². The minimum Gasteiger partial charge on any atom is -0.466 e. The summed E-state index contributed by atoms with van der Waals surface area (Å²) in [7, 11) is 1.36. The van der Waals surface area contributed by atoms with Crippen LogP contribution in [0.1, 0.15) is 53.6 Å². The number of anilines is 1. The van der Waals surface area contributed by atoms with Gasteiger partial charge < -0.3 is 10.1 Å². The number of carbonyl (C=O) groups is 2. The molecule has 0 aliphatic heterocycles. The van der Waals surface area contributed by atoms with Crippen LogP contribution in [-0.4, -0.2) is 30.0 Å². The maximum absolute atomic E-state index is 12.9. The van der Waals surface area contributed by atoms with Crippen molar-refractivity contribution < 1.29 is 27.5 Å². The Morgan fingerprint density at radius 2 is 1.89 bits per heavy atom. The molecule has 0 spiro atoms. The highest BCUT2D eigenvalue weighted by Gasteiger charge is 2.42. The number of halogens is 3. The molecule has 2 aromatic rings. The number of esters is 1. The molecule has 0 unspecified atom stereocenters. The van der Waals surface area contributed by atoms with Gasteiger partial charge >= 0.3 is 12.1 Å². The lowest BCUT2D eigenvalue weighted by Gasteiger charge is -2.29. The first-order valence-corrected chi connectivity index (χ1v) is 11.8. The molecule has 1 fully saturated rings. The van der Waals surface area contributed by atoms with Crippen molar-refractivity contribution in [2.75, 3.05) is 12.4 Å². The van der Waals surface area contributed by atoms with E-state index < -0.39 is 12.1 Å². The second-order valence-corrected chi connectivity index (χ2v) is 9.45. The van der Waals surface area contributed by atoms with Gasteiger partial charge in [0, 0.05) is 30.9 Å². The summed E-state index contributed by atoms with van der Waals surface area (Å²) in [6, 6.07) is 7.80. The van der Waals surface area contributed by atoms with Crippen LogP contribution in [0.15, 0.2) is 36.0 Å². The number of methoxy groups -OCH3 is 1. The van der Waals surface area contributed by atoms with Gasteiger partial charge in [0.2, 0.25) is 0 Å². The van der Waals surface area contributed by atoms with Gasteiger partial charge in [0.05, 0.1) is 30.6 Å². The van der Waals surface area contributed by atoms with E-state index in [9.17, 15) is 22.8 Å². The number of nitrogens with one attached hydrogen (secondary N) is 1. The fraction of sp³-hybridized carbons (Fsp3) is 0.444. The molecule has 4 rings (SSSR count). The molecule has 35 heavy (non-hydrogen) atoms. The average molecular weight is 487 g/mol. The van der Waals surface area contributed by atoms with Crippen LogP contribution in [0, 0.1) is 18.8 Å². The Bertz CT molecular complexity index is 1150. The third-order valence-corrected chi connectivity index (χ3v) is 7.06. The van der Waals surface area contributed by atoms with E-state index in [0.717, 1.165) is 33.6 Å². The molecular weight excluding hydrogens is 457 g/mol. The normalized spacial score (nSPS) is 19.6. The highest BCUT2D eigenvalue weighted by molar-refractivity contribution is 5.96. The molecule has 5 nitrogen and oxygen atoms in total. The Morgan fingerprint density at radius 3 is 2.57 bits per heavy atom. The van der Waals surface area contributed by atoms with Gasteiger partial charge in [0.25, 0.3) is 0 Å². The smallest absolute Gasteiger partial charge is 0.391 e. The van der Waals surface area contributed by atoms with Crippen LogP contribution in [0.25, 0.3) is 6.08 Å². The number of benzene rings is 1. The van der Waals surface area contributed by atoms with Gasteiger partial charge in [-0.15, -0.1) is 0 Å². The van der Waals surface area contributed by atoms with E-state index in [4.69, 9.17) is 4.74 Å². The number of pyridine rings is 1.